The molecule has 1 aromatic carbocycles. The summed E-state index contributed by atoms with van der Waals surface area (Å²) in [4.78, 5) is 24.7. The van der Waals surface area contributed by atoms with Gasteiger partial charge in [0.2, 0.25) is 6.41 Å². The van der Waals surface area contributed by atoms with Crippen LogP contribution in [0.3, 0.4) is 0 Å². The molecule has 0 aliphatic rings. The van der Waals surface area contributed by atoms with E-state index in [9.17, 15) is 14.0 Å². The van der Waals surface area contributed by atoms with Gasteiger partial charge in [-0.2, -0.15) is 0 Å². The molecule has 0 atom stereocenters. The fourth-order valence-corrected chi connectivity index (χ4v) is 1.70. The third kappa shape index (κ3) is 2.45. The van der Waals surface area contributed by atoms with E-state index in [1.165, 1.54) is 24.3 Å². The van der Waals surface area contributed by atoms with Gasteiger partial charge in [-0.25, -0.2) is 15.2 Å². The minimum atomic E-state index is -0.744. The van der Waals surface area contributed by atoms with E-state index in [2.05, 4.69) is 4.98 Å². The molecule has 6 nitrogen and oxygen atoms in total. The number of amides is 2. The van der Waals surface area contributed by atoms with E-state index in [1.807, 2.05) is 0 Å². The lowest BCUT2D eigenvalue weighted by molar-refractivity contribution is -0.107. The number of hydrogen-bond acceptors (Lipinski definition) is 3. The van der Waals surface area contributed by atoms with Crippen LogP contribution >= 0.6 is 0 Å². The lowest BCUT2D eigenvalue weighted by atomic mass is 10.1. The van der Waals surface area contributed by atoms with Crippen LogP contribution in [0.4, 0.5) is 10.2 Å². The molecule has 98 valence electrons. The summed E-state index contributed by atoms with van der Waals surface area (Å²) in [5, 5.41) is 0.697. The van der Waals surface area contributed by atoms with Gasteiger partial charge in [0.05, 0.1) is 5.56 Å². The van der Waals surface area contributed by atoms with Crippen LogP contribution in [0.25, 0.3) is 11.3 Å². The predicted molar refractivity (Wildman–Crippen MR) is 67.4 cm³/mol. The maximum Gasteiger partial charge on any atom is 0.252 e. The van der Waals surface area contributed by atoms with E-state index in [0.29, 0.717) is 22.7 Å². The van der Waals surface area contributed by atoms with Gasteiger partial charge in [-0.15, -0.1) is 0 Å². The molecule has 2 aromatic rings. The molecular weight excluding hydrogens is 251 g/mol. The van der Waals surface area contributed by atoms with Gasteiger partial charge in [0.15, 0.2) is 0 Å². The maximum absolute atomic E-state index is 13.1. The van der Waals surface area contributed by atoms with Crippen molar-refractivity contribution in [3.05, 3.63) is 41.7 Å². The molecule has 0 fully saturated rings. The Morgan fingerprint density at radius 3 is 2.68 bits per heavy atom. The molecule has 2 amide bonds. The quantitative estimate of drug-likeness (QED) is 0.328. The topological polar surface area (TPSA) is 105 Å². The van der Waals surface area contributed by atoms with Crippen molar-refractivity contribution in [2.45, 2.75) is 0 Å². The van der Waals surface area contributed by atoms with E-state index in [0.717, 1.165) is 0 Å². The smallest absolute Gasteiger partial charge is 0.252 e. The first-order valence-corrected chi connectivity index (χ1v) is 5.31. The third-order valence-corrected chi connectivity index (χ3v) is 2.57. The van der Waals surface area contributed by atoms with Crippen molar-refractivity contribution in [2.24, 2.45) is 11.6 Å². The number of benzene rings is 1. The molecule has 0 unspecified atom stereocenters. The number of nitrogens with two attached hydrogens (primary N) is 2. The number of nitrogens with one attached hydrogen (secondary N) is 1. The summed E-state index contributed by atoms with van der Waals surface area (Å²) in [5.74, 6) is 4.30. The van der Waals surface area contributed by atoms with Crippen molar-refractivity contribution in [3.63, 3.8) is 0 Å². The monoisotopic (exact) mass is 262 g/mol. The zero-order valence-electron chi connectivity index (χ0n) is 9.76. The number of carbonyl (C=O) groups is 2. The number of H-pyrrole nitrogens is 1. The number of halogens is 1. The van der Waals surface area contributed by atoms with Gasteiger partial charge >= 0.3 is 0 Å². The van der Waals surface area contributed by atoms with Crippen LogP contribution in [0, 0.1) is 5.82 Å². The SMILES string of the molecule is NC(=O)c1cc(-c2cccc(F)c2)[nH]c1N(N)C=O. The molecule has 19 heavy (non-hydrogen) atoms. The standard InChI is InChI=1S/C12H11FN4O2/c13-8-3-1-2-7(4-8)10-5-9(11(14)19)12(16-10)17(15)6-18/h1-6,16H,15H2,(H2,14,19). The molecule has 1 heterocycles. The number of carbonyl (C=O) groups excluding carboxylic acids is 2. The molecule has 0 aliphatic heterocycles. The summed E-state index contributed by atoms with van der Waals surface area (Å²) >= 11 is 0. The zero-order chi connectivity index (χ0) is 14.0. The van der Waals surface area contributed by atoms with Crippen molar-refractivity contribution in [2.75, 3.05) is 5.01 Å². The Bertz CT molecular complexity index is 638. The van der Waals surface area contributed by atoms with Gasteiger partial charge in [0.25, 0.3) is 5.91 Å². The number of primary amides is 1. The summed E-state index contributed by atoms with van der Waals surface area (Å²) in [6, 6.07) is 7.15. The number of rotatable bonds is 4. The van der Waals surface area contributed by atoms with Crippen LogP contribution in [0.5, 0.6) is 0 Å². The number of hydrogen-bond donors (Lipinski definition) is 3. The summed E-state index contributed by atoms with van der Waals surface area (Å²) in [6.07, 6.45) is 0.327. The average Bonchev–Trinajstić information content (AvgIpc) is 2.83. The first kappa shape index (κ1) is 12.8. The van der Waals surface area contributed by atoms with Crippen LogP contribution in [-0.2, 0) is 4.79 Å². The molecule has 2 rings (SSSR count). The lowest BCUT2D eigenvalue weighted by Gasteiger charge is -2.08. The Kier molecular flexibility index (Phi) is 3.30. The molecule has 0 saturated carbocycles. The number of aromatic amines is 1. The first-order valence-electron chi connectivity index (χ1n) is 5.31. The van der Waals surface area contributed by atoms with Crippen LogP contribution in [0.1, 0.15) is 10.4 Å². The van der Waals surface area contributed by atoms with Crippen molar-refractivity contribution in [1.82, 2.24) is 4.98 Å². The highest BCUT2D eigenvalue weighted by molar-refractivity contribution is 6.01. The minimum Gasteiger partial charge on any atom is -0.365 e. The van der Waals surface area contributed by atoms with Crippen molar-refractivity contribution >= 4 is 18.1 Å². The van der Waals surface area contributed by atoms with E-state index < -0.39 is 11.7 Å². The Hall–Kier alpha value is -2.67. The Morgan fingerprint density at radius 1 is 1.37 bits per heavy atom. The largest absolute Gasteiger partial charge is 0.365 e. The minimum absolute atomic E-state index is 0.0499. The van der Waals surface area contributed by atoms with Crippen molar-refractivity contribution in [3.8, 4) is 11.3 Å². The average molecular weight is 262 g/mol. The van der Waals surface area contributed by atoms with E-state index in [-0.39, 0.29) is 11.4 Å². The van der Waals surface area contributed by atoms with E-state index >= 15 is 0 Å². The third-order valence-electron chi connectivity index (χ3n) is 2.57. The van der Waals surface area contributed by atoms with Crippen molar-refractivity contribution < 1.29 is 14.0 Å². The molecule has 0 aliphatic carbocycles. The molecule has 0 spiro atoms. The Labute approximate surface area is 107 Å². The lowest BCUT2D eigenvalue weighted by Crippen LogP contribution is -2.31. The van der Waals surface area contributed by atoms with Gasteiger partial charge in [0, 0.05) is 11.3 Å². The number of anilines is 1. The van der Waals surface area contributed by atoms with Crippen LogP contribution < -0.4 is 16.6 Å². The molecule has 0 saturated heterocycles. The maximum atomic E-state index is 13.1. The summed E-state index contributed by atoms with van der Waals surface area (Å²) < 4.78 is 13.1. The molecule has 5 N–H and O–H groups in total. The highest BCUT2D eigenvalue weighted by Gasteiger charge is 2.17. The fourth-order valence-electron chi connectivity index (χ4n) is 1.70. The van der Waals surface area contributed by atoms with Crippen molar-refractivity contribution in [1.29, 1.82) is 0 Å². The highest BCUT2D eigenvalue weighted by Crippen LogP contribution is 2.26. The second-order valence-electron chi connectivity index (χ2n) is 3.83. The van der Waals surface area contributed by atoms with Gasteiger partial charge in [-0.05, 0) is 18.2 Å². The zero-order valence-corrected chi connectivity index (χ0v) is 9.76. The van der Waals surface area contributed by atoms with E-state index in [1.54, 1.807) is 6.07 Å². The molecule has 1 aromatic heterocycles. The van der Waals surface area contributed by atoms with Crippen LogP contribution in [-0.4, -0.2) is 17.3 Å². The molecule has 0 radical (unpaired) electrons. The highest BCUT2D eigenvalue weighted by atomic mass is 19.1. The van der Waals surface area contributed by atoms with E-state index in [4.69, 9.17) is 11.6 Å². The van der Waals surface area contributed by atoms with Crippen LogP contribution in [0.2, 0.25) is 0 Å². The second kappa shape index (κ2) is 4.91. The summed E-state index contributed by atoms with van der Waals surface area (Å²) in [6.45, 7) is 0. The van der Waals surface area contributed by atoms with Crippen LogP contribution in [0.15, 0.2) is 30.3 Å². The van der Waals surface area contributed by atoms with Gasteiger partial charge in [0.1, 0.15) is 11.6 Å². The van der Waals surface area contributed by atoms with Gasteiger partial charge in [-0.3, -0.25) is 9.59 Å². The normalized spacial score (nSPS) is 10.2. The van der Waals surface area contributed by atoms with Gasteiger partial charge in [-0.1, -0.05) is 12.1 Å². The summed E-state index contributed by atoms with van der Waals surface area (Å²) in [7, 11) is 0. The number of nitrogens with zero attached hydrogens (tertiary/aromatic N) is 1. The molecule has 7 heteroatoms. The fraction of sp³-hybridized carbons (Fsp3) is 0. The first-order chi connectivity index (χ1) is 9.02. The summed E-state index contributed by atoms with van der Waals surface area (Å²) in [5.41, 5.74) is 6.19. The number of hydrazine groups is 1. The molecule has 0 bridgehead atoms. The van der Waals surface area contributed by atoms with Gasteiger partial charge < -0.3 is 10.7 Å². The molecular formula is C12H11FN4O2. The predicted octanol–water partition coefficient (Wildman–Crippen LogP) is 0.756. The number of aromatic nitrogens is 1. The Balaban J connectivity index is 2.54. The Morgan fingerprint density at radius 2 is 2.11 bits per heavy atom. The second-order valence-corrected chi connectivity index (χ2v) is 3.83.